The summed E-state index contributed by atoms with van der Waals surface area (Å²) in [4.78, 5) is 16.8. The van der Waals surface area contributed by atoms with Crippen LogP contribution < -0.4 is 5.73 Å². The Bertz CT molecular complexity index is 641. The summed E-state index contributed by atoms with van der Waals surface area (Å²) in [6.45, 7) is 0. The highest BCUT2D eigenvalue weighted by Gasteiger charge is 2.24. The molecule has 2 aliphatic carbocycles. The zero-order valence-electron chi connectivity index (χ0n) is 13.6. The van der Waals surface area contributed by atoms with Crippen molar-refractivity contribution in [3.8, 4) is 0 Å². The number of carbonyl (C=O) groups excluding carboxylic acids is 1. The van der Waals surface area contributed by atoms with Crippen LogP contribution in [0.4, 0.5) is 14.5 Å². The van der Waals surface area contributed by atoms with Crippen molar-refractivity contribution in [3.05, 3.63) is 29.3 Å². The lowest BCUT2D eigenvalue weighted by molar-refractivity contribution is -0.122. The van der Waals surface area contributed by atoms with Crippen molar-refractivity contribution in [2.24, 2.45) is 5.16 Å². The molecular formula is C18H22F2N2O2. The van der Waals surface area contributed by atoms with E-state index in [4.69, 9.17) is 10.6 Å². The average molecular weight is 336 g/mol. The predicted molar refractivity (Wildman–Crippen MR) is 87.8 cm³/mol. The Morgan fingerprint density at radius 3 is 2.33 bits per heavy atom. The van der Waals surface area contributed by atoms with Gasteiger partial charge in [0.2, 0.25) is 0 Å². The zero-order chi connectivity index (χ0) is 17.1. The molecule has 0 amide bonds. The second-order valence-electron chi connectivity index (χ2n) is 6.67. The Morgan fingerprint density at radius 1 is 1.00 bits per heavy atom. The molecule has 1 aromatic carbocycles. The SMILES string of the molecule is Nc1cc(F)c(C2CCC(=NOC3CCC(=O)CC3)CC2)cc1F. The van der Waals surface area contributed by atoms with Crippen LogP contribution in [-0.4, -0.2) is 17.6 Å². The van der Waals surface area contributed by atoms with Crippen molar-refractivity contribution in [2.75, 3.05) is 5.73 Å². The van der Waals surface area contributed by atoms with Gasteiger partial charge in [0, 0.05) is 18.9 Å². The van der Waals surface area contributed by atoms with E-state index < -0.39 is 11.6 Å². The van der Waals surface area contributed by atoms with Crippen LogP contribution in [0.2, 0.25) is 0 Å². The molecule has 4 nitrogen and oxygen atoms in total. The maximum atomic E-state index is 14.0. The number of ketones is 1. The van der Waals surface area contributed by atoms with Crippen molar-refractivity contribution >= 4 is 17.2 Å². The molecule has 2 fully saturated rings. The lowest BCUT2D eigenvalue weighted by atomic mass is 9.83. The number of carbonyl (C=O) groups is 1. The molecule has 0 heterocycles. The normalized spacial score (nSPS) is 22.5. The van der Waals surface area contributed by atoms with E-state index in [0.29, 0.717) is 49.9 Å². The van der Waals surface area contributed by atoms with Crippen LogP contribution in [0.1, 0.15) is 62.8 Å². The first-order valence-electron chi connectivity index (χ1n) is 8.50. The summed E-state index contributed by atoms with van der Waals surface area (Å²) in [5.74, 6) is -0.740. The number of Topliss-reactive ketones (excluding diaryl/α,β-unsaturated/α-hetero) is 1. The van der Waals surface area contributed by atoms with E-state index in [1.54, 1.807) is 0 Å². The Morgan fingerprint density at radius 2 is 1.67 bits per heavy atom. The van der Waals surface area contributed by atoms with E-state index in [9.17, 15) is 13.6 Å². The molecule has 0 atom stereocenters. The van der Waals surface area contributed by atoms with Crippen molar-refractivity contribution in [1.82, 2.24) is 0 Å². The monoisotopic (exact) mass is 336 g/mol. The standard InChI is InChI=1S/C18H22F2N2O2/c19-16-10-18(21)17(20)9-15(16)11-1-3-12(4-2-11)22-24-14-7-5-13(23)6-8-14/h9-11,14H,1-8,21H2. The third-order valence-electron chi connectivity index (χ3n) is 4.94. The van der Waals surface area contributed by atoms with Crippen LogP contribution in [0.5, 0.6) is 0 Å². The predicted octanol–water partition coefficient (Wildman–Crippen LogP) is 4.09. The van der Waals surface area contributed by atoms with Crippen LogP contribution in [-0.2, 0) is 9.63 Å². The van der Waals surface area contributed by atoms with Crippen LogP contribution in [0.3, 0.4) is 0 Å². The fraction of sp³-hybridized carbons (Fsp3) is 0.556. The Balaban J connectivity index is 1.55. The number of nitrogen functional groups attached to an aromatic ring is 1. The van der Waals surface area contributed by atoms with Crippen LogP contribution in [0, 0.1) is 11.6 Å². The summed E-state index contributed by atoms with van der Waals surface area (Å²) >= 11 is 0. The van der Waals surface area contributed by atoms with Gasteiger partial charge in [0.1, 0.15) is 23.5 Å². The van der Waals surface area contributed by atoms with Gasteiger partial charge in [0.15, 0.2) is 0 Å². The van der Waals surface area contributed by atoms with Gasteiger partial charge < -0.3 is 10.6 Å². The van der Waals surface area contributed by atoms with Gasteiger partial charge in [-0.3, -0.25) is 4.79 Å². The first-order valence-corrected chi connectivity index (χ1v) is 8.50. The second-order valence-corrected chi connectivity index (χ2v) is 6.67. The number of hydrogen-bond donors (Lipinski definition) is 1. The van der Waals surface area contributed by atoms with Gasteiger partial charge in [-0.2, -0.15) is 0 Å². The molecule has 0 radical (unpaired) electrons. The molecule has 0 saturated heterocycles. The molecule has 2 aliphatic rings. The first-order chi connectivity index (χ1) is 11.5. The summed E-state index contributed by atoms with van der Waals surface area (Å²) in [6.07, 6.45) is 5.47. The number of halogens is 2. The molecule has 2 saturated carbocycles. The van der Waals surface area contributed by atoms with Gasteiger partial charge in [-0.1, -0.05) is 5.16 Å². The molecular weight excluding hydrogens is 314 g/mol. The topological polar surface area (TPSA) is 64.7 Å². The highest BCUT2D eigenvalue weighted by molar-refractivity contribution is 5.84. The Hall–Kier alpha value is -1.98. The van der Waals surface area contributed by atoms with E-state index in [2.05, 4.69) is 5.16 Å². The molecule has 0 aromatic heterocycles. The molecule has 6 heteroatoms. The van der Waals surface area contributed by atoms with E-state index >= 15 is 0 Å². The van der Waals surface area contributed by atoms with Gasteiger partial charge in [0.25, 0.3) is 0 Å². The van der Waals surface area contributed by atoms with Crippen molar-refractivity contribution in [3.63, 3.8) is 0 Å². The van der Waals surface area contributed by atoms with Gasteiger partial charge in [0.05, 0.1) is 11.4 Å². The summed E-state index contributed by atoms with van der Waals surface area (Å²) in [6, 6.07) is 2.27. The smallest absolute Gasteiger partial charge is 0.146 e. The van der Waals surface area contributed by atoms with E-state index in [1.165, 1.54) is 6.07 Å². The fourth-order valence-electron chi connectivity index (χ4n) is 3.41. The second kappa shape index (κ2) is 7.28. The minimum absolute atomic E-state index is 0.0219. The summed E-state index contributed by atoms with van der Waals surface area (Å²) < 4.78 is 27.6. The quantitative estimate of drug-likeness (QED) is 0.668. The van der Waals surface area contributed by atoms with E-state index in [1.807, 2.05) is 0 Å². The lowest BCUT2D eigenvalue weighted by Crippen LogP contribution is -2.21. The van der Waals surface area contributed by atoms with Gasteiger partial charge in [-0.15, -0.1) is 0 Å². The number of anilines is 1. The number of nitrogens with two attached hydrogens (primary N) is 1. The van der Waals surface area contributed by atoms with Gasteiger partial charge in [-0.25, -0.2) is 8.78 Å². The Kier molecular flexibility index (Phi) is 5.11. The summed E-state index contributed by atoms with van der Waals surface area (Å²) in [7, 11) is 0. The summed E-state index contributed by atoms with van der Waals surface area (Å²) in [5.41, 5.74) is 6.58. The lowest BCUT2D eigenvalue weighted by Gasteiger charge is -2.25. The van der Waals surface area contributed by atoms with Crippen molar-refractivity contribution in [2.45, 2.75) is 63.4 Å². The number of oxime groups is 1. The molecule has 130 valence electrons. The molecule has 0 spiro atoms. The molecule has 24 heavy (non-hydrogen) atoms. The minimum Gasteiger partial charge on any atom is -0.396 e. The maximum Gasteiger partial charge on any atom is 0.146 e. The average Bonchev–Trinajstić information content (AvgIpc) is 2.58. The third-order valence-corrected chi connectivity index (χ3v) is 4.94. The molecule has 2 N–H and O–H groups in total. The zero-order valence-corrected chi connectivity index (χ0v) is 13.6. The summed E-state index contributed by atoms with van der Waals surface area (Å²) in [5, 5.41) is 4.23. The fourth-order valence-corrected chi connectivity index (χ4v) is 3.41. The molecule has 0 unspecified atom stereocenters. The molecule has 0 bridgehead atoms. The third kappa shape index (κ3) is 3.91. The van der Waals surface area contributed by atoms with E-state index in [-0.39, 0.29) is 17.7 Å². The number of benzene rings is 1. The van der Waals surface area contributed by atoms with Gasteiger partial charge >= 0.3 is 0 Å². The van der Waals surface area contributed by atoms with Crippen LogP contribution in [0.15, 0.2) is 17.3 Å². The van der Waals surface area contributed by atoms with E-state index in [0.717, 1.165) is 24.6 Å². The number of nitrogens with zero attached hydrogens (tertiary/aromatic N) is 1. The molecule has 1 aromatic rings. The van der Waals surface area contributed by atoms with Gasteiger partial charge in [-0.05, 0) is 56.1 Å². The van der Waals surface area contributed by atoms with Crippen molar-refractivity contribution < 1.29 is 18.4 Å². The highest BCUT2D eigenvalue weighted by Crippen LogP contribution is 2.34. The van der Waals surface area contributed by atoms with Crippen LogP contribution in [0.25, 0.3) is 0 Å². The maximum absolute atomic E-state index is 14.0. The first kappa shape index (κ1) is 16.9. The Labute approximate surface area is 140 Å². The minimum atomic E-state index is -0.568. The largest absolute Gasteiger partial charge is 0.396 e. The number of rotatable bonds is 3. The van der Waals surface area contributed by atoms with Crippen LogP contribution >= 0.6 is 0 Å². The highest BCUT2D eigenvalue weighted by atomic mass is 19.1. The molecule has 3 rings (SSSR count). The van der Waals surface area contributed by atoms with Crippen molar-refractivity contribution in [1.29, 1.82) is 0 Å². The number of hydrogen-bond acceptors (Lipinski definition) is 4. The molecule has 0 aliphatic heterocycles.